The number of benzene rings is 1. The molecule has 2 atom stereocenters. The van der Waals surface area contributed by atoms with Crippen LogP contribution in [0.5, 0.6) is 0 Å². The number of aromatic nitrogens is 2. The highest BCUT2D eigenvalue weighted by molar-refractivity contribution is 5.94. The van der Waals surface area contributed by atoms with Crippen molar-refractivity contribution in [3.05, 3.63) is 53.9 Å². The molecule has 1 aliphatic heterocycles. The Morgan fingerprint density at radius 2 is 1.96 bits per heavy atom. The molecule has 2 heterocycles. The van der Waals surface area contributed by atoms with Gasteiger partial charge in [-0.05, 0) is 33.3 Å². The van der Waals surface area contributed by atoms with E-state index in [0.717, 1.165) is 5.56 Å². The van der Waals surface area contributed by atoms with Gasteiger partial charge in [-0.3, -0.25) is 9.48 Å². The molecule has 5 nitrogen and oxygen atoms in total. The average molecular weight is 327 g/mol. The normalized spacial score (nSPS) is 21.8. The fraction of sp³-hybridized carbons (Fsp3) is 0.474. The second kappa shape index (κ2) is 6.40. The fourth-order valence-corrected chi connectivity index (χ4v) is 2.94. The SMILES string of the molecule is CC1CN(C(=O)c2cnn(C(C)(C)C)c2)C(c2ccccc2)CO1. The summed E-state index contributed by atoms with van der Waals surface area (Å²) in [5.41, 5.74) is 1.58. The third-order valence-corrected chi connectivity index (χ3v) is 4.33. The summed E-state index contributed by atoms with van der Waals surface area (Å²) in [6.45, 7) is 9.30. The zero-order chi connectivity index (χ0) is 17.3. The van der Waals surface area contributed by atoms with E-state index in [1.165, 1.54) is 0 Å². The van der Waals surface area contributed by atoms with Gasteiger partial charge in [-0.15, -0.1) is 0 Å². The van der Waals surface area contributed by atoms with Crippen molar-refractivity contribution in [3.63, 3.8) is 0 Å². The molecular weight excluding hydrogens is 302 g/mol. The van der Waals surface area contributed by atoms with Crippen LogP contribution in [0.2, 0.25) is 0 Å². The molecule has 24 heavy (non-hydrogen) atoms. The van der Waals surface area contributed by atoms with Crippen molar-refractivity contribution in [2.75, 3.05) is 13.2 Å². The zero-order valence-electron chi connectivity index (χ0n) is 14.8. The second-order valence-electron chi connectivity index (χ2n) is 7.37. The molecule has 0 radical (unpaired) electrons. The van der Waals surface area contributed by atoms with E-state index in [0.29, 0.717) is 18.7 Å². The molecule has 2 aromatic rings. The third-order valence-electron chi connectivity index (χ3n) is 4.33. The molecule has 0 saturated carbocycles. The largest absolute Gasteiger partial charge is 0.374 e. The Kier molecular flexibility index (Phi) is 4.45. The first-order valence-corrected chi connectivity index (χ1v) is 8.39. The number of morpholine rings is 1. The van der Waals surface area contributed by atoms with Gasteiger partial charge in [0, 0.05) is 12.7 Å². The van der Waals surface area contributed by atoms with Gasteiger partial charge in [0.15, 0.2) is 0 Å². The van der Waals surface area contributed by atoms with Gasteiger partial charge < -0.3 is 9.64 Å². The van der Waals surface area contributed by atoms with Crippen LogP contribution < -0.4 is 0 Å². The van der Waals surface area contributed by atoms with Crippen LogP contribution in [-0.2, 0) is 10.3 Å². The smallest absolute Gasteiger partial charge is 0.257 e. The Balaban J connectivity index is 1.88. The Labute approximate surface area is 143 Å². The van der Waals surface area contributed by atoms with Gasteiger partial charge in [0.25, 0.3) is 5.91 Å². The first kappa shape index (κ1) is 16.7. The lowest BCUT2D eigenvalue weighted by atomic mass is 10.0. The molecule has 1 aromatic heterocycles. The van der Waals surface area contributed by atoms with Crippen molar-refractivity contribution < 1.29 is 9.53 Å². The van der Waals surface area contributed by atoms with Crippen molar-refractivity contribution in [2.24, 2.45) is 0 Å². The number of carbonyl (C=O) groups is 1. The van der Waals surface area contributed by atoms with Crippen molar-refractivity contribution >= 4 is 5.91 Å². The molecular formula is C19H25N3O2. The van der Waals surface area contributed by atoms with E-state index in [9.17, 15) is 4.79 Å². The Morgan fingerprint density at radius 1 is 1.25 bits per heavy atom. The van der Waals surface area contributed by atoms with Gasteiger partial charge in [-0.1, -0.05) is 30.3 Å². The zero-order valence-corrected chi connectivity index (χ0v) is 14.8. The van der Waals surface area contributed by atoms with Crippen molar-refractivity contribution in [2.45, 2.75) is 45.4 Å². The molecule has 1 fully saturated rings. The van der Waals surface area contributed by atoms with Crippen LogP contribution in [0, 0.1) is 0 Å². The molecule has 128 valence electrons. The summed E-state index contributed by atoms with van der Waals surface area (Å²) < 4.78 is 7.64. The number of hydrogen-bond acceptors (Lipinski definition) is 3. The highest BCUT2D eigenvalue weighted by Gasteiger charge is 2.33. The summed E-state index contributed by atoms with van der Waals surface area (Å²) in [6, 6.07) is 10.00. The molecule has 0 N–H and O–H groups in total. The maximum absolute atomic E-state index is 13.1. The molecule has 1 aromatic carbocycles. The standard InChI is InChI=1S/C19H25N3O2/c1-14-11-21(17(13-24-14)15-8-6-5-7-9-15)18(23)16-10-20-22(12-16)19(2,3)4/h5-10,12,14,17H,11,13H2,1-4H3. The van der Waals surface area contributed by atoms with E-state index in [4.69, 9.17) is 4.74 Å². The topological polar surface area (TPSA) is 47.4 Å². The molecule has 1 aliphatic rings. The van der Waals surface area contributed by atoms with E-state index in [2.05, 4.69) is 25.9 Å². The van der Waals surface area contributed by atoms with Crippen LogP contribution in [0.3, 0.4) is 0 Å². The van der Waals surface area contributed by atoms with Crippen molar-refractivity contribution in [1.29, 1.82) is 0 Å². The minimum atomic E-state index is -0.143. The predicted molar refractivity (Wildman–Crippen MR) is 92.9 cm³/mol. The summed E-state index contributed by atoms with van der Waals surface area (Å²) in [6.07, 6.45) is 3.53. The van der Waals surface area contributed by atoms with Gasteiger partial charge >= 0.3 is 0 Å². The molecule has 5 heteroatoms. The molecule has 1 amide bonds. The number of rotatable bonds is 2. The van der Waals surface area contributed by atoms with Crippen LogP contribution >= 0.6 is 0 Å². The second-order valence-corrected chi connectivity index (χ2v) is 7.37. The van der Waals surface area contributed by atoms with Gasteiger partial charge in [0.05, 0.1) is 36.1 Å². The molecule has 0 spiro atoms. The van der Waals surface area contributed by atoms with Gasteiger partial charge in [0.2, 0.25) is 0 Å². The summed E-state index contributed by atoms with van der Waals surface area (Å²) in [5, 5.41) is 4.36. The Hall–Kier alpha value is -2.14. The van der Waals surface area contributed by atoms with Gasteiger partial charge in [0.1, 0.15) is 0 Å². The maximum Gasteiger partial charge on any atom is 0.257 e. The van der Waals surface area contributed by atoms with Crippen molar-refractivity contribution in [1.82, 2.24) is 14.7 Å². The van der Waals surface area contributed by atoms with E-state index in [-0.39, 0.29) is 23.6 Å². The highest BCUT2D eigenvalue weighted by atomic mass is 16.5. The first-order chi connectivity index (χ1) is 11.4. The number of ether oxygens (including phenoxy) is 1. The Bertz CT molecular complexity index is 703. The van der Waals surface area contributed by atoms with E-state index in [1.807, 2.05) is 53.0 Å². The van der Waals surface area contributed by atoms with Crippen LogP contribution in [0.25, 0.3) is 0 Å². The lowest BCUT2D eigenvalue weighted by Gasteiger charge is -2.38. The third kappa shape index (κ3) is 3.36. The first-order valence-electron chi connectivity index (χ1n) is 8.39. The quantitative estimate of drug-likeness (QED) is 0.851. The van der Waals surface area contributed by atoms with E-state index in [1.54, 1.807) is 6.20 Å². The minimum absolute atomic E-state index is 0.00880. The van der Waals surface area contributed by atoms with Crippen LogP contribution in [0.15, 0.2) is 42.7 Å². The molecule has 2 unspecified atom stereocenters. The molecule has 0 aliphatic carbocycles. The van der Waals surface area contributed by atoms with Gasteiger partial charge in [-0.25, -0.2) is 0 Å². The monoisotopic (exact) mass is 327 g/mol. The summed E-state index contributed by atoms with van der Waals surface area (Å²) >= 11 is 0. The van der Waals surface area contributed by atoms with Gasteiger partial charge in [-0.2, -0.15) is 5.10 Å². The summed E-state index contributed by atoms with van der Waals surface area (Å²) in [7, 11) is 0. The molecule has 3 rings (SSSR count). The fourth-order valence-electron chi connectivity index (χ4n) is 2.94. The molecule has 1 saturated heterocycles. The van der Waals surface area contributed by atoms with E-state index < -0.39 is 0 Å². The number of amides is 1. The number of carbonyl (C=O) groups excluding carboxylic acids is 1. The average Bonchev–Trinajstić information content (AvgIpc) is 3.05. The maximum atomic E-state index is 13.1. The number of nitrogens with zero attached hydrogens (tertiary/aromatic N) is 3. The predicted octanol–water partition coefficient (Wildman–Crippen LogP) is 3.24. The van der Waals surface area contributed by atoms with Crippen LogP contribution in [0.4, 0.5) is 0 Å². The number of hydrogen-bond donors (Lipinski definition) is 0. The highest BCUT2D eigenvalue weighted by Crippen LogP contribution is 2.28. The molecule has 0 bridgehead atoms. The van der Waals surface area contributed by atoms with Crippen LogP contribution in [0.1, 0.15) is 49.7 Å². The minimum Gasteiger partial charge on any atom is -0.374 e. The lowest BCUT2D eigenvalue weighted by Crippen LogP contribution is -2.46. The Morgan fingerprint density at radius 3 is 2.58 bits per heavy atom. The summed E-state index contributed by atoms with van der Waals surface area (Å²) in [4.78, 5) is 15.0. The van der Waals surface area contributed by atoms with Crippen LogP contribution in [-0.4, -0.2) is 39.8 Å². The summed E-state index contributed by atoms with van der Waals surface area (Å²) in [5.74, 6) is 0.00880. The van der Waals surface area contributed by atoms with Crippen molar-refractivity contribution in [3.8, 4) is 0 Å². The lowest BCUT2D eigenvalue weighted by molar-refractivity contribution is -0.0447. The van der Waals surface area contributed by atoms with E-state index >= 15 is 0 Å².